The Morgan fingerprint density at radius 2 is 1.11 bits per heavy atom. The molecule has 2 atom stereocenters. The Bertz CT molecular complexity index is 1950. The monoisotopic (exact) mass is 631 g/mol. The lowest BCUT2D eigenvalue weighted by Gasteiger charge is -2.45. The molecule has 0 unspecified atom stereocenters. The predicted octanol–water partition coefficient (Wildman–Crippen LogP) is 10.6. The number of benzene rings is 5. The molecule has 1 aromatic heterocycles. The molecule has 1 aliphatic rings. The van der Waals surface area contributed by atoms with Crippen LogP contribution in [0.3, 0.4) is 0 Å². The summed E-state index contributed by atoms with van der Waals surface area (Å²) >= 11 is 0. The molecule has 0 radical (unpaired) electrons. The van der Waals surface area contributed by atoms with Crippen molar-refractivity contribution in [2.75, 3.05) is 22.1 Å². The second kappa shape index (κ2) is 12.8. The average molecular weight is 632 g/mol. The van der Waals surface area contributed by atoms with Crippen molar-refractivity contribution in [2.24, 2.45) is 0 Å². The fourth-order valence-corrected chi connectivity index (χ4v) is 10.1. The van der Waals surface area contributed by atoms with Gasteiger partial charge in [0.25, 0.3) is 0 Å². The van der Waals surface area contributed by atoms with Gasteiger partial charge < -0.3 is 9.62 Å². The molecule has 5 heteroatoms. The van der Waals surface area contributed by atoms with Gasteiger partial charge in [-0.2, -0.15) is 0 Å². The van der Waals surface area contributed by atoms with E-state index in [0.29, 0.717) is 0 Å². The lowest BCUT2D eigenvalue weighted by Crippen LogP contribution is -2.49. The van der Waals surface area contributed by atoms with Gasteiger partial charge >= 0.3 is 6.26 Å². The second-order valence-electron chi connectivity index (χ2n) is 13.2. The van der Waals surface area contributed by atoms with Crippen LogP contribution in [0.1, 0.15) is 39.9 Å². The van der Waals surface area contributed by atoms with E-state index in [1.165, 1.54) is 49.5 Å². The van der Waals surface area contributed by atoms with Crippen molar-refractivity contribution in [3.05, 3.63) is 180 Å². The molecule has 3 nitrogen and oxygen atoms in total. The zero-order valence-corrected chi connectivity index (χ0v) is 28.7. The summed E-state index contributed by atoms with van der Waals surface area (Å²) in [5, 5.41) is 0. The van der Waals surface area contributed by atoms with Crippen LogP contribution in [0.25, 0.3) is 11.1 Å². The van der Waals surface area contributed by atoms with E-state index >= 15 is 0 Å². The number of anilines is 2. The topological polar surface area (TPSA) is 19.4 Å². The first-order chi connectivity index (χ1) is 22.8. The van der Waals surface area contributed by atoms with Crippen LogP contribution in [-0.4, -0.2) is 23.8 Å². The van der Waals surface area contributed by atoms with Crippen LogP contribution >= 0.6 is 9.88 Å². The smallest absolute Gasteiger partial charge is 0.378 e. The van der Waals surface area contributed by atoms with Gasteiger partial charge in [0.1, 0.15) is 5.82 Å². The third-order valence-electron chi connectivity index (χ3n) is 9.41. The highest BCUT2D eigenvalue weighted by molar-refractivity contribution is 8.53. The quantitative estimate of drug-likeness (QED) is 0.164. The first kappa shape index (κ1) is 30.9. The van der Waals surface area contributed by atoms with Crippen LogP contribution in [0.15, 0.2) is 157 Å². The Kier molecular flexibility index (Phi) is 8.42. The Balaban J connectivity index is 1.60. The fourth-order valence-electron chi connectivity index (χ4n) is 7.42. The number of nitrogens with zero attached hydrogens (tertiary/aromatic N) is 3. The summed E-state index contributed by atoms with van der Waals surface area (Å²) in [6.45, 7) is 6.62. The number of aryl methyl sites for hydroxylation is 3. The highest BCUT2D eigenvalue weighted by Crippen LogP contribution is 2.63. The largest absolute Gasteiger partial charge is 0.437 e. The molecule has 1 saturated heterocycles. The van der Waals surface area contributed by atoms with Crippen molar-refractivity contribution in [2.45, 2.75) is 37.8 Å². The molecular formula is C42H42BN3S. The molecule has 234 valence electrons. The molecule has 0 aliphatic carbocycles. The summed E-state index contributed by atoms with van der Waals surface area (Å²) < 4.78 is 0. The maximum Gasteiger partial charge on any atom is 0.437 e. The van der Waals surface area contributed by atoms with E-state index < -0.39 is 9.88 Å². The van der Waals surface area contributed by atoms with Gasteiger partial charge in [0.15, 0.2) is 0 Å². The minimum absolute atomic E-state index is 0.00148. The summed E-state index contributed by atoms with van der Waals surface area (Å²) in [6, 6.07) is 53.6. The van der Waals surface area contributed by atoms with E-state index in [1.807, 2.05) is 12.3 Å². The number of rotatable bonds is 7. The molecule has 1 aliphatic heterocycles. The van der Waals surface area contributed by atoms with E-state index in [-0.39, 0.29) is 18.3 Å². The zero-order valence-electron chi connectivity index (χ0n) is 27.9. The Morgan fingerprint density at radius 1 is 0.553 bits per heavy atom. The maximum absolute atomic E-state index is 5.08. The highest BCUT2D eigenvalue weighted by Gasteiger charge is 2.57. The first-order valence-corrected chi connectivity index (χ1v) is 18.9. The minimum atomic E-state index is -1.53. The Morgan fingerprint density at radius 3 is 1.68 bits per heavy atom. The molecule has 1 fully saturated rings. The highest BCUT2D eigenvalue weighted by atomic mass is 32.3. The third kappa shape index (κ3) is 5.85. The second-order valence-corrected chi connectivity index (χ2v) is 16.9. The van der Waals surface area contributed by atoms with Gasteiger partial charge in [-0.3, -0.25) is 0 Å². The molecule has 0 N–H and O–H groups in total. The van der Waals surface area contributed by atoms with Crippen molar-refractivity contribution >= 4 is 27.6 Å². The van der Waals surface area contributed by atoms with Gasteiger partial charge in [0, 0.05) is 17.4 Å². The predicted molar refractivity (Wildman–Crippen MR) is 204 cm³/mol. The molecule has 5 aromatic carbocycles. The van der Waals surface area contributed by atoms with Crippen molar-refractivity contribution in [1.29, 1.82) is 0 Å². The molecule has 0 saturated carbocycles. The van der Waals surface area contributed by atoms with E-state index in [1.54, 1.807) is 0 Å². The van der Waals surface area contributed by atoms with E-state index in [0.717, 1.165) is 5.82 Å². The van der Waals surface area contributed by atoms with Gasteiger partial charge in [-0.1, -0.05) is 139 Å². The van der Waals surface area contributed by atoms with Crippen molar-refractivity contribution in [1.82, 2.24) is 4.98 Å². The summed E-state index contributed by atoms with van der Waals surface area (Å²) in [5.41, 5.74) is 10.1. The number of pyridine rings is 1. The molecule has 0 amide bonds. The van der Waals surface area contributed by atoms with E-state index in [9.17, 15) is 0 Å². The summed E-state index contributed by atoms with van der Waals surface area (Å²) in [4.78, 5) is 11.9. The van der Waals surface area contributed by atoms with Crippen LogP contribution in [-0.2, 0) is 0 Å². The van der Waals surface area contributed by atoms with Gasteiger partial charge in [0.2, 0.25) is 0 Å². The van der Waals surface area contributed by atoms with Gasteiger partial charge in [-0.25, -0.2) is 14.9 Å². The van der Waals surface area contributed by atoms with Crippen LogP contribution in [0.2, 0.25) is 0 Å². The summed E-state index contributed by atoms with van der Waals surface area (Å²) in [5.74, 6) is 0.992. The standard InChI is InChI=1S/C42H42BN3S/c1-31-24-25-38(36-28-32(2)27-33(3)29-36)39(30-31)45-41(34-17-9-6-10-18-34)42(35-19-11-7-12-20-35)46(40-23-15-16-26-44-40)43(45)47(4,5)37-21-13-8-14-22-37/h6-30,41-42H,1-5H3/t41-,42-/m0/s1. The molecule has 0 spiro atoms. The molecular weight excluding hydrogens is 589 g/mol. The van der Waals surface area contributed by atoms with Crippen LogP contribution in [0.5, 0.6) is 0 Å². The Hall–Kier alpha value is -4.74. The summed E-state index contributed by atoms with van der Waals surface area (Å²) in [6.07, 6.45) is 6.89. The minimum Gasteiger partial charge on any atom is -0.378 e. The lowest BCUT2D eigenvalue weighted by molar-refractivity contribution is 0.616. The van der Waals surface area contributed by atoms with Crippen molar-refractivity contribution in [3.8, 4) is 11.1 Å². The fraction of sp³-hybridized carbons (Fsp3) is 0.167. The van der Waals surface area contributed by atoms with E-state index in [2.05, 4.69) is 182 Å². The van der Waals surface area contributed by atoms with Crippen molar-refractivity contribution < 1.29 is 0 Å². The van der Waals surface area contributed by atoms with Gasteiger partial charge in [0.05, 0.1) is 12.1 Å². The molecule has 6 aromatic rings. The normalized spacial score (nSPS) is 16.8. The third-order valence-corrected chi connectivity index (χ3v) is 12.4. The van der Waals surface area contributed by atoms with Crippen LogP contribution in [0.4, 0.5) is 11.5 Å². The molecule has 2 heterocycles. The Labute approximate surface area is 282 Å². The lowest BCUT2D eigenvalue weighted by atomic mass is 9.91. The van der Waals surface area contributed by atoms with Gasteiger partial charge in [-0.05, 0) is 78.6 Å². The molecule has 0 bridgehead atoms. The first-order valence-electron chi connectivity index (χ1n) is 16.4. The number of aromatic nitrogens is 1. The van der Waals surface area contributed by atoms with Gasteiger partial charge in [-0.15, -0.1) is 0 Å². The molecule has 47 heavy (non-hydrogen) atoms. The van der Waals surface area contributed by atoms with Crippen LogP contribution in [0, 0.1) is 20.8 Å². The average Bonchev–Trinajstić information content (AvgIpc) is 3.46. The number of hydrogen-bond donors (Lipinski definition) is 0. The van der Waals surface area contributed by atoms with E-state index in [4.69, 9.17) is 4.98 Å². The number of hydrogen-bond acceptors (Lipinski definition) is 3. The summed E-state index contributed by atoms with van der Waals surface area (Å²) in [7, 11) is -1.53. The zero-order chi connectivity index (χ0) is 32.5. The SMILES string of the molecule is Cc1cc(C)cc(-c2ccc(C)cc2N2B(S(C)(C)c3ccccc3)N(c3ccccn3)[C@@H](c3ccccc3)[C@@H]2c2ccccc2)c1. The van der Waals surface area contributed by atoms with Crippen molar-refractivity contribution in [3.63, 3.8) is 0 Å². The molecule has 7 rings (SSSR count). The maximum atomic E-state index is 5.08. The van der Waals surface area contributed by atoms with Crippen LogP contribution < -0.4 is 9.62 Å².